The molecule has 0 radical (unpaired) electrons. The Bertz CT molecular complexity index is 475. The van der Waals surface area contributed by atoms with Gasteiger partial charge >= 0.3 is 0 Å². The van der Waals surface area contributed by atoms with E-state index in [-0.39, 0.29) is 5.91 Å². The van der Waals surface area contributed by atoms with E-state index < -0.39 is 0 Å². The van der Waals surface area contributed by atoms with Gasteiger partial charge in [-0.1, -0.05) is 6.07 Å². The Morgan fingerprint density at radius 3 is 2.71 bits per heavy atom. The Kier molecular flexibility index (Phi) is 5.87. The number of ether oxygens (including phenoxy) is 2. The summed E-state index contributed by atoms with van der Waals surface area (Å²) in [5.41, 5.74) is 1.23. The van der Waals surface area contributed by atoms with Crippen LogP contribution in [0.3, 0.4) is 0 Å². The van der Waals surface area contributed by atoms with E-state index in [0.29, 0.717) is 19.6 Å². The van der Waals surface area contributed by atoms with E-state index in [9.17, 15) is 4.79 Å². The fourth-order valence-electron chi connectivity index (χ4n) is 2.19. The summed E-state index contributed by atoms with van der Waals surface area (Å²) in [4.78, 5) is 13.0. The predicted octanol–water partition coefficient (Wildman–Crippen LogP) is 1.46. The number of nitrogens with one attached hydrogen (secondary N) is 1. The lowest BCUT2D eigenvalue weighted by Gasteiger charge is -2.18. The van der Waals surface area contributed by atoms with Crippen molar-refractivity contribution in [2.24, 2.45) is 0 Å². The normalized spacial score (nSPS) is 13.0. The third-order valence-electron chi connectivity index (χ3n) is 3.44. The van der Waals surface area contributed by atoms with Crippen LogP contribution in [0, 0.1) is 0 Å². The van der Waals surface area contributed by atoms with Gasteiger partial charge in [-0.2, -0.15) is 0 Å². The lowest BCUT2D eigenvalue weighted by Crippen LogP contribution is -2.24. The zero-order valence-corrected chi connectivity index (χ0v) is 12.9. The summed E-state index contributed by atoms with van der Waals surface area (Å²) in [5.74, 6) is 1.86. The highest BCUT2D eigenvalue weighted by atomic mass is 16.6. The maximum absolute atomic E-state index is 11.4. The largest absolute Gasteiger partial charge is 0.486 e. The number of fused-ring (bicyclic) bond motifs is 1. The molecule has 0 aromatic heterocycles. The van der Waals surface area contributed by atoms with Crippen LogP contribution in [-0.2, 0) is 11.2 Å². The van der Waals surface area contributed by atoms with E-state index >= 15 is 0 Å². The van der Waals surface area contributed by atoms with Crippen LogP contribution >= 0.6 is 0 Å². The van der Waals surface area contributed by atoms with Crippen LogP contribution in [0.25, 0.3) is 0 Å². The topological polar surface area (TPSA) is 50.8 Å². The average Bonchev–Trinajstić information content (AvgIpc) is 2.50. The highest BCUT2D eigenvalue weighted by Gasteiger charge is 2.11. The molecule has 1 aliphatic heterocycles. The molecule has 0 spiro atoms. The fraction of sp³-hybridized carbons (Fsp3) is 0.562. The maximum atomic E-state index is 11.4. The molecule has 1 heterocycles. The minimum absolute atomic E-state index is 0.184. The second-order valence-electron chi connectivity index (χ2n) is 5.37. The number of carbonyl (C=O) groups excluding carboxylic acids is 1. The summed E-state index contributed by atoms with van der Waals surface area (Å²) in [7, 11) is 3.58. The first-order valence-electron chi connectivity index (χ1n) is 7.46. The van der Waals surface area contributed by atoms with E-state index in [0.717, 1.165) is 37.4 Å². The van der Waals surface area contributed by atoms with Crippen molar-refractivity contribution in [2.75, 3.05) is 40.4 Å². The van der Waals surface area contributed by atoms with Crippen LogP contribution in [0.2, 0.25) is 0 Å². The number of amides is 1. The predicted molar refractivity (Wildman–Crippen MR) is 81.9 cm³/mol. The van der Waals surface area contributed by atoms with Crippen molar-refractivity contribution in [1.29, 1.82) is 0 Å². The summed E-state index contributed by atoms with van der Waals surface area (Å²) in [6.45, 7) is 3.01. The second kappa shape index (κ2) is 7.88. The molecule has 1 amide bonds. The molecule has 21 heavy (non-hydrogen) atoms. The Labute approximate surface area is 126 Å². The fourth-order valence-corrected chi connectivity index (χ4v) is 2.19. The van der Waals surface area contributed by atoms with Crippen molar-refractivity contribution in [3.05, 3.63) is 23.8 Å². The summed E-state index contributed by atoms with van der Waals surface area (Å²) in [5, 5.41) is 3.37. The monoisotopic (exact) mass is 292 g/mol. The van der Waals surface area contributed by atoms with Crippen molar-refractivity contribution < 1.29 is 14.3 Å². The molecule has 0 atom stereocenters. The molecule has 1 aliphatic rings. The number of nitrogens with zero attached hydrogens (tertiary/aromatic N) is 1. The minimum atomic E-state index is 0.184. The molecule has 0 saturated carbocycles. The molecule has 1 N–H and O–H groups in total. The van der Waals surface area contributed by atoms with Crippen molar-refractivity contribution in [1.82, 2.24) is 10.2 Å². The zero-order chi connectivity index (χ0) is 15.1. The van der Waals surface area contributed by atoms with Crippen LogP contribution in [0.1, 0.15) is 18.4 Å². The zero-order valence-electron chi connectivity index (χ0n) is 12.9. The van der Waals surface area contributed by atoms with Crippen LogP contribution in [-0.4, -0.2) is 51.2 Å². The first-order valence-corrected chi connectivity index (χ1v) is 7.46. The van der Waals surface area contributed by atoms with Gasteiger partial charge < -0.3 is 19.7 Å². The maximum Gasteiger partial charge on any atom is 0.222 e. The van der Waals surface area contributed by atoms with Crippen molar-refractivity contribution in [2.45, 2.75) is 19.3 Å². The van der Waals surface area contributed by atoms with Gasteiger partial charge in [0.1, 0.15) is 13.2 Å². The summed E-state index contributed by atoms with van der Waals surface area (Å²) in [6.07, 6.45) is 2.42. The van der Waals surface area contributed by atoms with Crippen LogP contribution < -0.4 is 14.8 Å². The van der Waals surface area contributed by atoms with Gasteiger partial charge in [-0.25, -0.2) is 0 Å². The lowest BCUT2D eigenvalue weighted by molar-refractivity contribution is -0.128. The Morgan fingerprint density at radius 1 is 1.19 bits per heavy atom. The van der Waals surface area contributed by atoms with Gasteiger partial charge in [-0.15, -0.1) is 0 Å². The minimum Gasteiger partial charge on any atom is -0.486 e. The number of hydrogen-bond donors (Lipinski definition) is 1. The molecule has 0 bridgehead atoms. The van der Waals surface area contributed by atoms with Gasteiger partial charge in [-0.05, 0) is 43.6 Å². The highest BCUT2D eigenvalue weighted by molar-refractivity contribution is 5.75. The lowest BCUT2D eigenvalue weighted by atomic mass is 10.1. The molecule has 0 fully saturated rings. The molecular weight excluding hydrogens is 268 g/mol. The standard InChI is InChI=1S/C16H24N2O3/c1-18(2)16(19)4-3-8-17-9-7-13-5-6-14-15(12-13)21-11-10-20-14/h5-6,12,17H,3-4,7-11H2,1-2H3. The molecule has 5 nitrogen and oxygen atoms in total. The van der Waals surface area contributed by atoms with Crippen molar-refractivity contribution in [3.63, 3.8) is 0 Å². The number of rotatable bonds is 7. The van der Waals surface area contributed by atoms with Gasteiger partial charge in [0, 0.05) is 20.5 Å². The molecule has 0 aliphatic carbocycles. The van der Waals surface area contributed by atoms with Gasteiger partial charge in [0.15, 0.2) is 11.5 Å². The SMILES string of the molecule is CN(C)C(=O)CCCNCCc1ccc2c(c1)OCCO2. The third-order valence-corrected chi connectivity index (χ3v) is 3.44. The average molecular weight is 292 g/mol. The molecule has 2 rings (SSSR count). The van der Waals surface area contributed by atoms with E-state index in [1.165, 1.54) is 5.56 Å². The summed E-state index contributed by atoms with van der Waals surface area (Å²) in [6, 6.07) is 6.09. The highest BCUT2D eigenvalue weighted by Crippen LogP contribution is 2.30. The van der Waals surface area contributed by atoms with E-state index in [1.54, 1.807) is 19.0 Å². The van der Waals surface area contributed by atoms with Crippen molar-refractivity contribution in [3.8, 4) is 11.5 Å². The second-order valence-corrected chi connectivity index (χ2v) is 5.37. The molecule has 1 aromatic carbocycles. The Balaban J connectivity index is 1.64. The first kappa shape index (κ1) is 15.6. The van der Waals surface area contributed by atoms with E-state index in [4.69, 9.17) is 9.47 Å². The Hall–Kier alpha value is -1.75. The molecule has 0 unspecified atom stereocenters. The molecule has 1 aromatic rings. The van der Waals surface area contributed by atoms with Crippen molar-refractivity contribution >= 4 is 5.91 Å². The van der Waals surface area contributed by atoms with E-state index in [2.05, 4.69) is 11.4 Å². The van der Waals surface area contributed by atoms with E-state index in [1.807, 2.05) is 12.1 Å². The molecular formula is C16H24N2O3. The number of hydrogen-bond acceptors (Lipinski definition) is 4. The van der Waals surface area contributed by atoms with Gasteiger partial charge in [0.05, 0.1) is 0 Å². The Morgan fingerprint density at radius 2 is 1.95 bits per heavy atom. The summed E-state index contributed by atoms with van der Waals surface area (Å²) >= 11 is 0. The van der Waals surface area contributed by atoms with Crippen LogP contribution in [0.4, 0.5) is 0 Å². The molecule has 0 saturated heterocycles. The van der Waals surface area contributed by atoms with Crippen LogP contribution in [0.15, 0.2) is 18.2 Å². The van der Waals surface area contributed by atoms with Gasteiger partial charge in [0.25, 0.3) is 0 Å². The quantitative estimate of drug-likeness (QED) is 0.773. The first-order chi connectivity index (χ1) is 10.2. The number of carbonyl (C=O) groups is 1. The third kappa shape index (κ3) is 4.93. The van der Waals surface area contributed by atoms with Gasteiger partial charge in [-0.3, -0.25) is 4.79 Å². The number of benzene rings is 1. The van der Waals surface area contributed by atoms with Crippen LogP contribution in [0.5, 0.6) is 11.5 Å². The summed E-state index contributed by atoms with van der Waals surface area (Å²) < 4.78 is 11.1. The molecule has 5 heteroatoms. The van der Waals surface area contributed by atoms with Gasteiger partial charge in [0.2, 0.25) is 5.91 Å². The smallest absolute Gasteiger partial charge is 0.222 e. The molecule has 116 valence electrons.